The van der Waals surface area contributed by atoms with E-state index in [-0.39, 0.29) is 65.4 Å². The van der Waals surface area contributed by atoms with E-state index in [2.05, 4.69) is 10.3 Å². The Labute approximate surface area is 261 Å². The molecule has 2 aliphatic rings. The fourth-order valence-corrected chi connectivity index (χ4v) is 5.08. The first-order valence-corrected chi connectivity index (χ1v) is 14.6. The van der Waals surface area contributed by atoms with E-state index < -0.39 is 53.2 Å². The number of halogens is 4. The Morgan fingerprint density at radius 3 is 2.43 bits per heavy atom. The van der Waals surface area contributed by atoms with E-state index in [4.69, 9.17) is 19.9 Å². The fraction of sp³-hybridized carbons (Fsp3) is 0.406. The summed E-state index contributed by atoms with van der Waals surface area (Å²) in [5.74, 6) is -2.04. The molecule has 10 nitrogen and oxygen atoms in total. The van der Waals surface area contributed by atoms with Gasteiger partial charge in [0.05, 0.1) is 24.4 Å². The molecule has 0 radical (unpaired) electrons. The maximum absolute atomic E-state index is 14.8. The van der Waals surface area contributed by atoms with Crippen LogP contribution in [0, 0.1) is 5.82 Å². The number of nitrogens with zero attached hydrogens (tertiary/aromatic N) is 1. The molecule has 3 atom stereocenters. The zero-order valence-corrected chi connectivity index (χ0v) is 25.0. The molecule has 14 heteroatoms. The van der Waals surface area contributed by atoms with Gasteiger partial charge < -0.3 is 35.5 Å². The molecule has 0 bridgehead atoms. The number of pyridine rings is 1. The summed E-state index contributed by atoms with van der Waals surface area (Å²) < 4.78 is 75.1. The number of nitrogens with two attached hydrogens (primary N) is 1. The third-order valence-electron chi connectivity index (χ3n) is 8.05. The Hall–Kier alpha value is -4.43. The van der Waals surface area contributed by atoms with Gasteiger partial charge in [-0.1, -0.05) is 6.92 Å². The molecule has 3 aromatic rings. The third-order valence-corrected chi connectivity index (χ3v) is 8.05. The number of carbonyl (C=O) groups is 2. The number of aliphatic hydroxyl groups is 2. The van der Waals surface area contributed by atoms with E-state index >= 15 is 0 Å². The summed E-state index contributed by atoms with van der Waals surface area (Å²) in [5, 5.41) is 23.0. The summed E-state index contributed by atoms with van der Waals surface area (Å²) in [7, 11) is 0. The minimum atomic E-state index is -5.37. The summed E-state index contributed by atoms with van der Waals surface area (Å²) >= 11 is 0. The third kappa shape index (κ3) is 6.31. The Balaban J connectivity index is 1.52. The Kier molecular flexibility index (Phi) is 8.88. The van der Waals surface area contributed by atoms with Crippen LogP contribution in [0.1, 0.15) is 54.7 Å². The molecule has 0 spiro atoms. The van der Waals surface area contributed by atoms with Crippen molar-refractivity contribution in [3.63, 3.8) is 0 Å². The number of ether oxygens (including phenoxy) is 3. The number of fused-ring (bicyclic) bond motifs is 1. The van der Waals surface area contributed by atoms with Crippen LogP contribution in [0.4, 0.5) is 17.6 Å². The van der Waals surface area contributed by atoms with Gasteiger partial charge in [-0.3, -0.25) is 9.59 Å². The lowest BCUT2D eigenvalue weighted by atomic mass is 9.78. The van der Waals surface area contributed by atoms with Crippen LogP contribution in [0.25, 0.3) is 11.3 Å². The molecule has 2 aromatic carbocycles. The van der Waals surface area contributed by atoms with Gasteiger partial charge in [0.1, 0.15) is 35.9 Å². The van der Waals surface area contributed by atoms with Gasteiger partial charge in [-0.05, 0) is 74.7 Å². The summed E-state index contributed by atoms with van der Waals surface area (Å²) in [6.45, 7) is 1.43. The SMILES string of the molecule is CC[C@]1(C(N)=O)COc2c1cc(C(O)(CNC(=O)c1ccc(OC[C@@H](C)O)c(OC3CC3)c1)C(F)(F)F)nc2-c1ccc(F)cc1. The number of amides is 2. The Morgan fingerprint density at radius 2 is 1.85 bits per heavy atom. The smallest absolute Gasteiger partial charge is 0.424 e. The number of nitrogens with one attached hydrogen (secondary N) is 1. The zero-order chi connectivity index (χ0) is 33.4. The lowest BCUT2D eigenvalue weighted by molar-refractivity contribution is -0.265. The van der Waals surface area contributed by atoms with E-state index in [9.17, 15) is 37.4 Å². The molecule has 1 aliphatic carbocycles. The summed E-state index contributed by atoms with van der Waals surface area (Å²) in [6, 6.07) is 9.61. The van der Waals surface area contributed by atoms with Crippen molar-refractivity contribution >= 4 is 11.8 Å². The van der Waals surface area contributed by atoms with Crippen LogP contribution in [-0.2, 0) is 15.8 Å². The molecular formula is C32H33F4N3O7. The molecule has 5 rings (SSSR count). The molecule has 2 heterocycles. The topological polar surface area (TPSA) is 153 Å². The number of rotatable bonds is 12. The lowest BCUT2D eigenvalue weighted by Gasteiger charge is -2.32. The highest BCUT2D eigenvalue weighted by molar-refractivity contribution is 5.95. The first-order valence-electron chi connectivity index (χ1n) is 14.6. The fourth-order valence-electron chi connectivity index (χ4n) is 5.08. The molecule has 46 heavy (non-hydrogen) atoms. The van der Waals surface area contributed by atoms with Crippen molar-refractivity contribution in [3.05, 3.63) is 71.2 Å². The minimum absolute atomic E-state index is 0.0181. The standard InChI is InChI=1S/C32H33F4N3O7/c1-3-30(29(37)42)16-45-27-22(30)13-25(39-26(27)18-4-7-20(33)8-5-18)31(43,32(34,35)36)15-38-28(41)19-6-11-23(44-14-17(2)40)24(12-19)46-21-9-10-21/h4-8,11-13,17,21,40,43H,3,9-10,14-16H2,1-2H3,(H2,37,42)(H,38,41)/t17-,30+,31?/m1/s1. The molecule has 246 valence electrons. The number of benzene rings is 2. The lowest BCUT2D eigenvalue weighted by Crippen LogP contribution is -2.52. The Bertz CT molecular complexity index is 1630. The zero-order valence-electron chi connectivity index (χ0n) is 25.0. The van der Waals surface area contributed by atoms with Crippen molar-refractivity contribution in [2.45, 2.75) is 62.5 Å². The number of aliphatic hydroxyl groups excluding tert-OH is 1. The number of carbonyl (C=O) groups excluding carboxylic acids is 2. The maximum Gasteiger partial charge on any atom is 0.424 e. The number of hydrogen-bond donors (Lipinski definition) is 4. The average molecular weight is 648 g/mol. The van der Waals surface area contributed by atoms with Gasteiger partial charge in [-0.25, -0.2) is 9.37 Å². The van der Waals surface area contributed by atoms with E-state index in [1.54, 1.807) is 6.92 Å². The molecule has 0 saturated heterocycles. The normalized spacial score (nSPS) is 19.4. The van der Waals surface area contributed by atoms with E-state index in [1.807, 2.05) is 0 Å². The predicted octanol–water partition coefficient (Wildman–Crippen LogP) is 3.89. The summed E-state index contributed by atoms with van der Waals surface area (Å²) in [5.41, 5.74) is -0.622. The number of alkyl halides is 3. The van der Waals surface area contributed by atoms with Crippen LogP contribution < -0.4 is 25.3 Å². The van der Waals surface area contributed by atoms with Crippen molar-refractivity contribution in [3.8, 4) is 28.5 Å². The monoisotopic (exact) mass is 647 g/mol. The first-order chi connectivity index (χ1) is 21.7. The molecule has 1 fully saturated rings. The first kappa shape index (κ1) is 32.9. The van der Waals surface area contributed by atoms with Crippen molar-refractivity contribution in [2.75, 3.05) is 19.8 Å². The number of aromatic nitrogens is 1. The van der Waals surface area contributed by atoms with Gasteiger partial charge in [0.25, 0.3) is 5.91 Å². The van der Waals surface area contributed by atoms with Gasteiger partial charge >= 0.3 is 6.18 Å². The molecule has 1 aromatic heterocycles. The average Bonchev–Trinajstić information content (AvgIpc) is 3.74. The van der Waals surface area contributed by atoms with Crippen LogP contribution in [0.15, 0.2) is 48.5 Å². The second kappa shape index (κ2) is 12.4. The van der Waals surface area contributed by atoms with Gasteiger partial charge in [0, 0.05) is 16.7 Å². The summed E-state index contributed by atoms with van der Waals surface area (Å²) in [4.78, 5) is 29.9. The quantitative estimate of drug-likeness (QED) is 0.216. The van der Waals surface area contributed by atoms with E-state index in [0.29, 0.717) is 0 Å². The molecule has 5 N–H and O–H groups in total. The Morgan fingerprint density at radius 1 is 1.15 bits per heavy atom. The highest BCUT2D eigenvalue weighted by atomic mass is 19.4. The van der Waals surface area contributed by atoms with Crippen LogP contribution in [0.5, 0.6) is 17.2 Å². The van der Waals surface area contributed by atoms with Crippen molar-refractivity contribution in [2.24, 2.45) is 5.73 Å². The molecule has 1 unspecified atom stereocenters. The second-order valence-electron chi connectivity index (χ2n) is 11.5. The molecule has 1 saturated carbocycles. The van der Waals surface area contributed by atoms with Crippen molar-refractivity contribution in [1.82, 2.24) is 10.3 Å². The van der Waals surface area contributed by atoms with E-state index in [0.717, 1.165) is 31.0 Å². The van der Waals surface area contributed by atoms with Gasteiger partial charge in [0.2, 0.25) is 11.5 Å². The largest absolute Gasteiger partial charge is 0.489 e. The highest BCUT2D eigenvalue weighted by Crippen LogP contribution is 2.49. The highest BCUT2D eigenvalue weighted by Gasteiger charge is 2.58. The van der Waals surface area contributed by atoms with Crippen LogP contribution >= 0.6 is 0 Å². The number of hydrogen-bond acceptors (Lipinski definition) is 8. The van der Waals surface area contributed by atoms with Crippen LogP contribution in [0.2, 0.25) is 0 Å². The van der Waals surface area contributed by atoms with Crippen molar-refractivity contribution in [1.29, 1.82) is 0 Å². The molecule has 2 amide bonds. The summed E-state index contributed by atoms with van der Waals surface area (Å²) in [6.07, 6.45) is -4.65. The van der Waals surface area contributed by atoms with Crippen LogP contribution in [0.3, 0.4) is 0 Å². The predicted molar refractivity (Wildman–Crippen MR) is 156 cm³/mol. The van der Waals surface area contributed by atoms with Gasteiger partial charge in [0.15, 0.2) is 11.5 Å². The molecule has 1 aliphatic heterocycles. The van der Waals surface area contributed by atoms with E-state index in [1.165, 1.54) is 37.3 Å². The van der Waals surface area contributed by atoms with Gasteiger partial charge in [-0.15, -0.1) is 0 Å². The second-order valence-corrected chi connectivity index (χ2v) is 11.5. The number of primary amides is 1. The van der Waals surface area contributed by atoms with Crippen molar-refractivity contribution < 1.29 is 51.6 Å². The van der Waals surface area contributed by atoms with Crippen LogP contribution in [-0.4, -0.2) is 65.2 Å². The molecular weight excluding hydrogens is 614 g/mol. The maximum atomic E-state index is 14.8. The minimum Gasteiger partial charge on any atom is -0.489 e. The van der Waals surface area contributed by atoms with Gasteiger partial charge in [-0.2, -0.15) is 13.2 Å².